The van der Waals surface area contributed by atoms with E-state index in [1.165, 1.54) is 10.9 Å². The van der Waals surface area contributed by atoms with Crippen molar-refractivity contribution < 1.29 is 0 Å². The predicted molar refractivity (Wildman–Crippen MR) is 85.1 cm³/mol. The smallest absolute Gasteiger partial charge is 0.0705 e. The monoisotopic (exact) mass is 282 g/mol. The number of nitrogens with one attached hydrogen (secondary N) is 1. The van der Waals surface area contributed by atoms with E-state index in [2.05, 4.69) is 28.5 Å². The Kier molecular flexibility index (Phi) is 3.84. The van der Waals surface area contributed by atoms with Gasteiger partial charge in [-0.05, 0) is 29.3 Å². The van der Waals surface area contributed by atoms with Crippen LogP contribution in [0.25, 0.3) is 10.9 Å². The van der Waals surface area contributed by atoms with Crippen LogP contribution < -0.4 is 5.32 Å². The third kappa shape index (κ3) is 2.61. The van der Waals surface area contributed by atoms with Crippen LogP contribution in [0.1, 0.15) is 11.1 Å². The van der Waals surface area contributed by atoms with Crippen molar-refractivity contribution >= 4 is 28.2 Å². The molecule has 1 heterocycles. The van der Waals surface area contributed by atoms with Gasteiger partial charge in [0.05, 0.1) is 5.52 Å². The third-order valence-electron chi connectivity index (χ3n) is 3.37. The Balaban J connectivity index is 1.87. The summed E-state index contributed by atoms with van der Waals surface area (Å²) in [7, 11) is 0. The molecule has 1 N–H and O–H groups in total. The van der Waals surface area contributed by atoms with Crippen molar-refractivity contribution in [2.24, 2.45) is 0 Å². The van der Waals surface area contributed by atoms with Crippen molar-refractivity contribution in [1.82, 2.24) is 4.98 Å². The Morgan fingerprint density at radius 3 is 2.60 bits per heavy atom. The maximum Gasteiger partial charge on any atom is 0.0705 e. The quantitative estimate of drug-likeness (QED) is 0.708. The second kappa shape index (κ2) is 5.93. The molecule has 0 saturated heterocycles. The number of fused-ring (bicyclic) bond motifs is 1. The summed E-state index contributed by atoms with van der Waals surface area (Å²) >= 11 is 5.96. The average molecular weight is 283 g/mol. The van der Waals surface area contributed by atoms with Crippen molar-refractivity contribution in [3.8, 4) is 0 Å². The second-order valence-electron chi connectivity index (χ2n) is 4.63. The molecule has 0 unspecified atom stereocenters. The first-order valence-corrected chi connectivity index (χ1v) is 7.12. The molecule has 2 aromatic carbocycles. The molecule has 0 atom stereocenters. The first-order chi connectivity index (χ1) is 9.88. The van der Waals surface area contributed by atoms with Crippen LogP contribution in [0, 0.1) is 0 Å². The highest BCUT2D eigenvalue weighted by Crippen LogP contribution is 2.20. The Morgan fingerprint density at radius 1 is 0.900 bits per heavy atom. The molecule has 2 nitrogen and oxygen atoms in total. The minimum absolute atomic E-state index is 0.514. The Bertz CT molecular complexity index is 720. The van der Waals surface area contributed by atoms with E-state index in [4.69, 9.17) is 11.6 Å². The Hall–Kier alpha value is -2.06. The molecule has 3 heteroatoms. The van der Waals surface area contributed by atoms with Gasteiger partial charge in [0.1, 0.15) is 0 Å². The zero-order valence-corrected chi connectivity index (χ0v) is 11.8. The van der Waals surface area contributed by atoms with Crippen LogP contribution in [0.5, 0.6) is 0 Å². The molecule has 100 valence electrons. The number of benzene rings is 2. The van der Waals surface area contributed by atoms with Crippen LogP contribution >= 0.6 is 11.6 Å². The van der Waals surface area contributed by atoms with Crippen LogP contribution in [0.4, 0.5) is 5.69 Å². The number of halogens is 1. The van der Waals surface area contributed by atoms with Crippen molar-refractivity contribution in [3.05, 3.63) is 71.9 Å². The summed E-state index contributed by atoms with van der Waals surface area (Å²) in [6.45, 7) is 0.761. The first-order valence-electron chi connectivity index (χ1n) is 6.59. The zero-order valence-electron chi connectivity index (χ0n) is 11.0. The number of alkyl halides is 1. The van der Waals surface area contributed by atoms with Gasteiger partial charge in [0.15, 0.2) is 0 Å². The number of para-hydroxylation sites is 2. The fourth-order valence-corrected chi connectivity index (χ4v) is 2.54. The van der Waals surface area contributed by atoms with Crippen molar-refractivity contribution in [3.63, 3.8) is 0 Å². The molecule has 0 aliphatic carbocycles. The molecule has 0 bridgehead atoms. The Labute approximate surface area is 123 Å². The number of rotatable bonds is 4. The van der Waals surface area contributed by atoms with Gasteiger partial charge in [-0.2, -0.15) is 0 Å². The summed E-state index contributed by atoms with van der Waals surface area (Å²) in [5, 5.41) is 4.65. The maximum absolute atomic E-state index is 5.96. The number of anilines is 1. The number of pyridine rings is 1. The molecule has 0 saturated carbocycles. The molecule has 3 aromatic rings. The topological polar surface area (TPSA) is 24.9 Å². The van der Waals surface area contributed by atoms with Crippen molar-refractivity contribution in [2.75, 3.05) is 5.32 Å². The molecule has 0 amide bonds. The van der Waals surface area contributed by atoms with E-state index in [0.717, 1.165) is 23.3 Å². The fourth-order valence-electron chi connectivity index (χ4n) is 2.31. The largest absolute Gasteiger partial charge is 0.381 e. The summed E-state index contributed by atoms with van der Waals surface area (Å²) in [4.78, 5) is 4.38. The van der Waals surface area contributed by atoms with E-state index in [0.29, 0.717) is 5.88 Å². The van der Waals surface area contributed by atoms with Gasteiger partial charge in [0, 0.05) is 29.7 Å². The molecule has 1 aromatic heterocycles. The molecule has 3 rings (SSSR count). The molecule has 20 heavy (non-hydrogen) atoms. The molecule has 0 aliphatic rings. The van der Waals surface area contributed by atoms with E-state index in [9.17, 15) is 0 Å². The van der Waals surface area contributed by atoms with Gasteiger partial charge in [-0.1, -0.05) is 36.4 Å². The lowest BCUT2D eigenvalue weighted by Gasteiger charge is -2.11. The molecule has 0 radical (unpaired) electrons. The number of hydrogen-bond donors (Lipinski definition) is 1. The first kappa shape index (κ1) is 12.9. The summed E-state index contributed by atoms with van der Waals surface area (Å²) in [5.74, 6) is 0.514. The molecule has 0 aliphatic heterocycles. The molecule has 0 fully saturated rings. The summed E-state index contributed by atoms with van der Waals surface area (Å²) in [5.41, 5.74) is 4.47. The standard InChI is InChI=1S/C17H15ClN2/c18-11-13-5-1-3-7-16(13)20-12-14-9-10-19-17-8-4-2-6-15(14)17/h1-10,20H,11-12H2. The lowest BCUT2D eigenvalue weighted by molar-refractivity contribution is 1.14. The van der Waals surface area contributed by atoms with Gasteiger partial charge >= 0.3 is 0 Å². The van der Waals surface area contributed by atoms with E-state index in [1.807, 2.05) is 42.6 Å². The fraction of sp³-hybridized carbons (Fsp3) is 0.118. The van der Waals surface area contributed by atoms with Crippen LogP contribution in [0.3, 0.4) is 0 Å². The number of hydrogen-bond acceptors (Lipinski definition) is 2. The van der Waals surface area contributed by atoms with Crippen molar-refractivity contribution in [2.45, 2.75) is 12.4 Å². The highest BCUT2D eigenvalue weighted by Gasteiger charge is 2.03. The van der Waals surface area contributed by atoms with Gasteiger partial charge in [-0.3, -0.25) is 4.98 Å². The lowest BCUT2D eigenvalue weighted by Crippen LogP contribution is -2.02. The van der Waals surface area contributed by atoms with E-state index in [1.54, 1.807) is 0 Å². The van der Waals surface area contributed by atoms with Gasteiger partial charge in [0.2, 0.25) is 0 Å². The van der Waals surface area contributed by atoms with Crippen LogP contribution in [-0.4, -0.2) is 4.98 Å². The minimum atomic E-state index is 0.514. The average Bonchev–Trinajstić information content (AvgIpc) is 2.53. The Morgan fingerprint density at radius 2 is 1.70 bits per heavy atom. The summed E-state index contributed by atoms with van der Waals surface area (Å²) in [6, 6.07) is 18.4. The third-order valence-corrected chi connectivity index (χ3v) is 3.66. The van der Waals surface area contributed by atoms with E-state index >= 15 is 0 Å². The van der Waals surface area contributed by atoms with Gasteiger partial charge in [-0.25, -0.2) is 0 Å². The van der Waals surface area contributed by atoms with E-state index in [-0.39, 0.29) is 0 Å². The summed E-state index contributed by atoms with van der Waals surface area (Å²) < 4.78 is 0. The van der Waals surface area contributed by atoms with Gasteiger partial charge in [0.25, 0.3) is 0 Å². The van der Waals surface area contributed by atoms with Gasteiger partial charge < -0.3 is 5.32 Å². The normalized spacial score (nSPS) is 10.7. The van der Waals surface area contributed by atoms with Crippen LogP contribution in [-0.2, 0) is 12.4 Å². The molecular weight excluding hydrogens is 268 g/mol. The number of nitrogens with zero attached hydrogens (tertiary/aromatic N) is 1. The number of aromatic nitrogens is 1. The maximum atomic E-state index is 5.96. The summed E-state index contributed by atoms with van der Waals surface area (Å²) in [6.07, 6.45) is 1.85. The highest BCUT2D eigenvalue weighted by molar-refractivity contribution is 6.17. The van der Waals surface area contributed by atoms with Gasteiger partial charge in [-0.15, -0.1) is 11.6 Å². The molecule has 0 spiro atoms. The lowest BCUT2D eigenvalue weighted by atomic mass is 10.1. The minimum Gasteiger partial charge on any atom is -0.381 e. The SMILES string of the molecule is ClCc1ccccc1NCc1ccnc2ccccc12. The highest BCUT2D eigenvalue weighted by atomic mass is 35.5. The van der Waals surface area contributed by atoms with E-state index < -0.39 is 0 Å². The predicted octanol–water partition coefficient (Wildman–Crippen LogP) is 4.59. The van der Waals surface area contributed by atoms with Crippen LogP contribution in [0.2, 0.25) is 0 Å². The zero-order chi connectivity index (χ0) is 13.8. The van der Waals surface area contributed by atoms with Crippen molar-refractivity contribution in [1.29, 1.82) is 0 Å². The molecular formula is C17H15ClN2. The van der Waals surface area contributed by atoms with Crippen LogP contribution in [0.15, 0.2) is 60.8 Å². The second-order valence-corrected chi connectivity index (χ2v) is 4.90.